The fourth-order valence-electron chi connectivity index (χ4n) is 2.89. The zero-order chi connectivity index (χ0) is 16.0. The molecule has 3 nitrogen and oxygen atoms in total. The minimum Gasteiger partial charge on any atom is -0.214 e. The molecular formula is C14H17F3NO2S+. The van der Waals surface area contributed by atoms with Crippen LogP contribution in [0.4, 0.5) is 18.9 Å². The van der Waals surface area contributed by atoms with E-state index in [0.29, 0.717) is 12.2 Å². The van der Waals surface area contributed by atoms with Gasteiger partial charge in [0.2, 0.25) is 5.69 Å². The number of halogens is 3. The van der Waals surface area contributed by atoms with Gasteiger partial charge in [0.1, 0.15) is 6.54 Å². The van der Waals surface area contributed by atoms with Gasteiger partial charge in [-0.1, -0.05) is 13.0 Å². The fourth-order valence-corrected chi connectivity index (χ4v) is 3.67. The Hall–Kier alpha value is -1.37. The van der Waals surface area contributed by atoms with Crippen LogP contribution in [0.25, 0.3) is 0 Å². The zero-order valence-electron chi connectivity index (χ0n) is 12.0. The van der Waals surface area contributed by atoms with Crippen LogP contribution in [0.5, 0.6) is 0 Å². The van der Waals surface area contributed by atoms with E-state index in [9.17, 15) is 21.6 Å². The summed E-state index contributed by atoms with van der Waals surface area (Å²) >= 11 is 0. The van der Waals surface area contributed by atoms with Gasteiger partial charge in [0.25, 0.3) is 9.84 Å². The predicted molar refractivity (Wildman–Crippen MR) is 73.9 cm³/mol. The topological polar surface area (TPSA) is 37.1 Å². The molecule has 0 N–H and O–H groups in total. The summed E-state index contributed by atoms with van der Waals surface area (Å²) in [5, 5.41) is 0. The van der Waals surface area contributed by atoms with Crippen molar-refractivity contribution in [2.45, 2.75) is 43.5 Å². The van der Waals surface area contributed by atoms with E-state index < -0.39 is 20.2 Å². The van der Waals surface area contributed by atoms with Crippen LogP contribution in [0, 0.1) is 0 Å². The molecule has 0 radical (unpaired) electrons. The summed E-state index contributed by atoms with van der Waals surface area (Å²) in [6.07, 6.45) is 0.820. The summed E-state index contributed by atoms with van der Waals surface area (Å²) in [6.45, 7) is 6.40. The van der Waals surface area contributed by atoms with Gasteiger partial charge in [-0.15, -0.1) is 0 Å². The third kappa shape index (κ3) is 2.37. The number of nitrogens with zero attached hydrogens (tertiary/aromatic N) is 1. The maximum atomic E-state index is 12.7. The van der Waals surface area contributed by atoms with Crippen LogP contribution in [-0.2, 0) is 9.84 Å². The summed E-state index contributed by atoms with van der Waals surface area (Å²) < 4.78 is 62.9. The van der Waals surface area contributed by atoms with E-state index >= 15 is 0 Å². The fraction of sp³-hybridized carbons (Fsp3) is 0.500. The van der Waals surface area contributed by atoms with Gasteiger partial charge >= 0.3 is 5.51 Å². The molecule has 0 aromatic heterocycles. The number of hydrogen-bond donors (Lipinski definition) is 0. The van der Waals surface area contributed by atoms with Gasteiger partial charge in [-0.25, -0.2) is 8.42 Å². The summed E-state index contributed by atoms with van der Waals surface area (Å²) in [6, 6.07) is 3.69. The lowest BCUT2D eigenvalue weighted by Crippen LogP contribution is -2.23. The third-order valence-corrected chi connectivity index (χ3v) is 5.42. The summed E-state index contributed by atoms with van der Waals surface area (Å²) in [5.41, 5.74) is -2.79. The van der Waals surface area contributed by atoms with E-state index in [1.54, 1.807) is 0 Å². The second-order valence-electron chi connectivity index (χ2n) is 5.02. The molecule has 1 aliphatic rings. The van der Waals surface area contributed by atoms with Crippen molar-refractivity contribution in [3.05, 3.63) is 23.8 Å². The number of hydrogen-bond acceptors (Lipinski definition) is 2. The highest BCUT2D eigenvalue weighted by molar-refractivity contribution is 7.92. The standard InChI is InChI=1S/C14H17F3NO2S/c1-4-11-9(3)18(5-2)13-8-10(6-7-12(11)13)21(19,20)14(15,16)17/h6-8,11H,4-5H2,1-3H3/q+1/t11-/m1/s1. The lowest BCUT2D eigenvalue weighted by molar-refractivity contribution is -0.434. The molecule has 0 saturated carbocycles. The molecule has 0 spiro atoms. The maximum absolute atomic E-state index is 12.7. The van der Waals surface area contributed by atoms with Gasteiger partial charge in [0.05, 0.1) is 10.8 Å². The van der Waals surface area contributed by atoms with Crippen molar-refractivity contribution in [2.24, 2.45) is 0 Å². The molecule has 0 amide bonds. The molecule has 0 saturated heterocycles. The monoisotopic (exact) mass is 320 g/mol. The van der Waals surface area contributed by atoms with Crippen LogP contribution in [0.15, 0.2) is 23.1 Å². The van der Waals surface area contributed by atoms with Crippen LogP contribution in [0.3, 0.4) is 0 Å². The summed E-state index contributed by atoms with van der Waals surface area (Å²) in [4.78, 5) is -0.697. The van der Waals surface area contributed by atoms with Gasteiger partial charge < -0.3 is 0 Å². The second-order valence-corrected chi connectivity index (χ2v) is 6.96. The molecule has 0 unspecified atom stereocenters. The van der Waals surface area contributed by atoms with Gasteiger partial charge in [-0.2, -0.15) is 17.7 Å². The molecule has 0 aliphatic carbocycles. The first kappa shape index (κ1) is 16.0. The summed E-state index contributed by atoms with van der Waals surface area (Å²) in [5.74, 6) is 0.127. The molecular weight excluding hydrogens is 303 g/mol. The Bertz CT molecular complexity index is 705. The molecule has 21 heavy (non-hydrogen) atoms. The second kappa shape index (κ2) is 5.12. The van der Waals surface area contributed by atoms with Crippen LogP contribution < -0.4 is 0 Å². The molecule has 1 heterocycles. The molecule has 1 aliphatic heterocycles. The van der Waals surface area contributed by atoms with Crippen molar-refractivity contribution in [2.75, 3.05) is 6.54 Å². The number of sulfone groups is 1. The first-order chi connectivity index (χ1) is 9.65. The average Bonchev–Trinajstić information content (AvgIpc) is 2.67. The molecule has 7 heteroatoms. The Morgan fingerprint density at radius 1 is 1.24 bits per heavy atom. The highest BCUT2D eigenvalue weighted by atomic mass is 32.2. The number of benzene rings is 1. The smallest absolute Gasteiger partial charge is 0.214 e. The highest BCUT2D eigenvalue weighted by Gasteiger charge is 2.48. The Morgan fingerprint density at radius 2 is 1.86 bits per heavy atom. The highest BCUT2D eigenvalue weighted by Crippen LogP contribution is 2.40. The van der Waals surface area contributed by atoms with Crippen LogP contribution in [0.2, 0.25) is 0 Å². The van der Waals surface area contributed by atoms with Gasteiger partial charge in [0, 0.05) is 18.6 Å². The van der Waals surface area contributed by atoms with Crippen molar-refractivity contribution in [1.82, 2.24) is 0 Å². The van der Waals surface area contributed by atoms with E-state index in [1.165, 1.54) is 6.07 Å². The first-order valence-electron chi connectivity index (χ1n) is 6.71. The molecule has 0 bridgehead atoms. The van der Waals surface area contributed by atoms with Crippen molar-refractivity contribution >= 4 is 21.2 Å². The molecule has 2 rings (SSSR count). The van der Waals surface area contributed by atoms with E-state index in [4.69, 9.17) is 0 Å². The maximum Gasteiger partial charge on any atom is 0.501 e. The quantitative estimate of drug-likeness (QED) is 0.798. The Balaban J connectivity index is 2.64. The van der Waals surface area contributed by atoms with E-state index in [1.807, 2.05) is 25.3 Å². The van der Waals surface area contributed by atoms with Gasteiger partial charge in [0.15, 0.2) is 5.71 Å². The minimum atomic E-state index is -5.31. The largest absolute Gasteiger partial charge is 0.501 e. The van der Waals surface area contributed by atoms with E-state index in [-0.39, 0.29) is 5.92 Å². The summed E-state index contributed by atoms with van der Waals surface area (Å²) in [7, 11) is -5.31. The number of alkyl halides is 3. The normalized spacial score (nSPS) is 19.0. The molecule has 1 aromatic carbocycles. The zero-order valence-corrected chi connectivity index (χ0v) is 12.8. The first-order valence-corrected chi connectivity index (χ1v) is 8.19. The van der Waals surface area contributed by atoms with Gasteiger partial charge in [-0.05, 0) is 19.4 Å². The lowest BCUT2D eigenvalue weighted by atomic mass is 9.94. The van der Waals surface area contributed by atoms with Crippen LogP contribution >= 0.6 is 0 Å². The van der Waals surface area contributed by atoms with Gasteiger partial charge in [-0.3, -0.25) is 0 Å². The predicted octanol–water partition coefficient (Wildman–Crippen LogP) is 3.61. The Morgan fingerprint density at radius 3 is 2.33 bits per heavy atom. The van der Waals surface area contributed by atoms with Crippen molar-refractivity contribution in [3.63, 3.8) is 0 Å². The Labute approximate surface area is 122 Å². The number of fused-ring (bicyclic) bond motifs is 1. The molecule has 1 atom stereocenters. The average molecular weight is 320 g/mol. The lowest BCUT2D eigenvalue weighted by Gasteiger charge is -2.09. The molecule has 116 valence electrons. The van der Waals surface area contributed by atoms with Crippen LogP contribution in [0.1, 0.15) is 38.7 Å². The molecule has 0 fully saturated rings. The van der Waals surface area contributed by atoms with Crippen LogP contribution in [-0.4, -0.2) is 30.8 Å². The number of rotatable bonds is 3. The van der Waals surface area contributed by atoms with Crippen molar-refractivity contribution in [3.8, 4) is 0 Å². The van der Waals surface area contributed by atoms with Crippen molar-refractivity contribution < 1.29 is 26.2 Å². The minimum absolute atomic E-state index is 0.127. The Kier molecular flexibility index (Phi) is 3.90. The molecule has 1 aromatic rings. The third-order valence-electron chi connectivity index (χ3n) is 3.94. The van der Waals surface area contributed by atoms with Crippen molar-refractivity contribution in [1.29, 1.82) is 0 Å². The SMILES string of the molecule is CC[C@@H]1C(C)=[N+](CC)c2cc(S(=O)(=O)C(F)(F)F)ccc21. The van der Waals surface area contributed by atoms with E-state index in [2.05, 4.69) is 0 Å². The van der Waals surface area contributed by atoms with E-state index in [0.717, 1.165) is 29.8 Å².